The lowest BCUT2D eigenvalue weighted by Gasteiger charge is -2.33. The van der Waals surface area contributed by atoms with Crippen LogP contribution in [-0.2, 0) is 9.53 Å². The third-order valence-corrected chi connectivity index (χ3v) is 3.39. The van der Waals surface area contributed by atoms with Crippen molar-refractivity contribution in [3.8, 4) is 0 Å². The highest BCUT2D eigenvalue weighted by Crippen LogP contribution is 2.16. The van der Waals surface area contributed by atoms with Gasteiger partial charge in [-0.05, 0) is 43.2 Å². The first kappa shape index (κ1) is 15.3. The van der Waals surface area contributed by atoms with Gasteiger partial charge in [-0.3, -0.25) is 4.79 Å². The molecule has 1 aromatic carbocycles. The monoisotopic (exact) mass is 289 g/mol. The maximum Gasteiger partial charge on any atom is 0.328 e. The molecule has 0 saturated carbocycles. The molecule has 1 atom stereocenters. The van der Waals surface area contributed by atoms with E-state index >= 15 is 0 Å². The van der Waals surface area contributed by atoms with Crippen LogP contribution in [0.25, 0.3) is 6.08 Å². The second kappa shape index (κ2) is 6.54. The molecule has 0 aromatic heterocycles. The number of carbonyl (C=O) groups is 2. The summed E-state index contributed by atoms with van der Waals surface area (Å²) in [5, 5.41) is 8.69. The molecule has 5 nitrogen and oxygen atoms in total. The number of morpholine rings is 1. The lowest BCUT2D eigenvalue weighted by atomic mass is 10.0. The summed E-state index contributed by atoms with van der Waals surface area (Å²) in [5.41, 5.74) is 2.21. The molecule has 1 unspecified atom stereocenters. The number of hydrogen-bond donors (Lipinski definition) is 1. The molecular formula is C16H19NO4. The van der Waals surface area contributed by atoms with Crippen LogP contribution < -0.4 is 0 Å². The fourth-order valence-corrected chi connectivity index (χ4v) is 2.39. The van der Waals surface area contributed by atoms with E-state index in [2.05, 4.69) is 0 Å². The third-order valence-electron chi connectivity index (χ3n) is 3.39. The van der Waals surface area contributed by atoms with Gasteiger partial charge in [-0.15, -0.1) is 0 Å². The van der Waals surface area contributed by atoms with Gasteiger partial charge in [0.2, 0.25) is 0 Å². The average molecular weight is 289 g/mol. The van der Waals surface area contributed by atoms with Crippen molar-refractivity contribution in [2.45, 2.75) is 19.9 Å². The summed E-state index contributed by atoms with van der Waals surface area (Å²) < 4.78 is 5.34. The molecule has 0 aliphatic carbocycles. The van der Waals surface area contributed by atoms with Crippen molar-refractivity contribution >= 4 is 18.0 Å². The summed E-state index contributed by atoms with van der Waals surface area (Å²) in [6.07, 6.45) is 2.56. The lowest BCUT2D eigenvalue weighted by molar-refractivity contribution is -0.131. The minimum Gasteiger partial charge on any atom is -0.478 e. The zero-order chi connectivity index (χ0) is 15.4. The number of carbonyl (C=O) groups excluding carboxylic acids is 1. The minimum absolute atomic E-state index is 0.0422. The second-order valence-electron chi connectivity index (χ2n) is 5.23. The van der Waals surface area contributed by atoms with E-state index in [0.717, 1.165) is 11.6 Å². The van der Waals surface area contributed by atoms with E-state index in [1.165, 1.54) is 6.08 Å². The molecule has 1 saturated heterocycles. The van der Waals surface area contributed by atoms with Crippen molar-refractivity contribution in [1.29, 1.82) is 0 Å². The molecule has 1 aliphatic rings. The first-order valence-electron chi connectivity index (χ1n) is 6.89. The van der Waals surface area contributed by atoms with E-state index in [1.807, 2.05) is 26.0 Å². The van der Waals surface area contributed by atoms with Crippen LogP contribution in [0, 0.1) is 6.92 Å². The Bertz CT molecular complexity index is 580. The number of rotatable bonds is 3. The van der Waals surface area contributed by atoms with E-state index in [4.69, 9.17) is 9.84 Å². The van der Waals surface area contributed by atoms with Crippen molar-refractivity contribution in [2.24, 2.45) is 0 Å². The summed E-state index contributed by atoms with van der Waals surface area (Å²) in [6.45, 7) is 5.51. The van der Waals surface area contributed by atoms with Gasteiger partial charge < -0.3 is 14.7 Å². The molecule has 5 heteroatoms. The Morgan fingerprint density at radius 2 is 2.14 bits per heavy atom. The fourth-order valence-electron chi connectivity index (χ4n) is 2.39. The number of benzene rings is 1. The largest absolute Gasteiger partial charge is 0.478 e. The number of hydrogen-bond acceptors (Lipinski definition) is 3. The van der Waals surface area contributed by atoms with Gasteiger partial charge in [-0.2, -0.15) is 0 Å². The maximum absolute atomic E-state index is 12.6. The minimum atomic E-state index is -1.01. The van der Waals surface area contributed by atoms with E-state index < -0.39 is 5.97 Å². The molecule has 1 aromatic rings. The first-order chi connectivity index (χ1) is 9.97. The number of carboxylic acid groups (broad SMARTS) is 1. The Hall–Kier alpha value is -2.14. The highest BCUT2D eigenvalue weighted by atomic mass is 16.5. The van der Waals surface area contributed by atoms with E-state index in [1.54, 1.807) is 11.0 Å². The molecule has 1 heterocycles. The van der Waals surface area contributed by atoms with Gasteiger partial charge in [0.25, 0.3) is 5.91 Å². The van der Waals surface area contributed by atoms with Crippen molar-refractivity contribution in [1.82, 2.24) is 4.90 Å². The lowest BCUT2D eigenvalue weighted by Crippen LogP contribution is -2.47. The predicted octanol–water partition coefficient (Wildman–Crippen LogP) is 1.95. The van der Waals surface area contributed by atoms with Gasteiger partial charge in [0.1, 0.15) is 0 Å². The Morgan fingerprint density at radius 1 is 1.38 bits per heavy atom. The zero-order valence-corrected chi connectivity index (χ0v) is 12.2. The summed E-state index contributed by atoms with van der Waals surface area (Å²) in [4.78, 5) is 25.0. The van der Waals surface area contributed by atoms with Crippen LogP contribution in [0.1, 0.15) is 28.4 Å². The average Bonchev–Trinajstić information content (AvgIpc) is 2.44. The third kappa shape index (κ3) is 3.92. The topological polar surface area (TPSA) is 66.8 Å². The van der Waals surface area contributed by atoms with Crippen LogP contribution in [-0.4, -0.2) is 47.7 Å². The summed E-state index contributed by atoms with van der Waals surface area (Å²) in [5.74, 6) is -1.05. The number of amides is 1. The van der Waals surface area contributed by atoms with Gasteiger partial charge >= 0.3 is 5.97 Å². The van der Waals surface area contributed by atoms with Gasteiger partial charge in [0.05, 0.1) is 19.3 Å². The summed E-state index contributed by atoms with van der Waals surface area (Å²) in [7, 11) is 0. The van der Waals surface area contributed by atoms with Crippen LogP contribution in [0.4, 0.5) is 0 Å². The standard InChI is InChI=1S/C16H19NO4/c1-11-7-13(3-4-15(18)19)9-14(8-11)16(20)17-5-6-21-10-12(17)2/h3-4,7-9,12H,5-6,10H2,1-2H3,(H,18,19)/b4-3+. The van der Waals surface area contributed by atoms with E-state index in [9.17, 15) is 9.59 Å². The second-order valence-corrected chi connectivity index (χ2v) is 5.23. The molecule has 21 heavy (non-hydrogen) atoms. The molecule has 112 valence electrons. The number of ether oxygens (including phenoxy) is 1. The van der Waals surface area contributed by atoms with Crippen molar-refractivity contribution in [3.05, 3.63) is 41.0 Å². The molecular weight excluding hydrogens is 270 g/mol. The van der Waals surface area contributed by atoms with Crippen LogP contribution in [0.3, 0.4) is 0 Å². The van der Waals surface area contributed by atoms with Crippen LogP contribution in [0.15, 0.2) is 24.3 Å². The Kier molecular flexibility index (Phi) is 4.75. The normalized spacial score (nSPS) is 19.0. The van der Waals surface area contributed by atoms with Crippen LogP contribution >= 0.6 is 0 Å². The molecule has 1 fully saturated rings. The number of aryl methyl sites for hydroxylation is 1. The highest BCUT2D eigenvalue weighted by Gasteiger charge is 2.24. The quantitative estimate of drug-likeness (QED) is 0.864. The smallest absolute Gasteiger partial charge is 0.328 e. The number of aliphatic carboxylic acids is 1. The number of carboxylic acids is 1. The molecule has 0 radical (unpaired) electrons. The van der Waals surface area contributed by atoms with Crippen LogP contribution in [0.5, 0.6) is 0 Å². The van der Waals surface area contributed by atoms with Crippen LogP contribution in [0.2, 0.25) is 0 Å². The predicted molar refractivity (Wildman–Crippen MR) is 79.2 cm³/mol. The molecule has 1 aliphatic heterocycles. The molecule has 1 amide bonds. The van der Waals surface area contributed by atoms with E-state index in [0.29, 0.717) is 30.9 Å². The summed E-state index contributed by atoms with van der Waals surface area (Å²) in [6, 6.07) is 5.43. The Balaban J connectivity index is 2.26. The van der Waals surface area contributed by atoms with Crippen molar-refractivity contribution in [2.75, 3.05) is 19.8 Å². The van der Waals surface area contributed by atoms with Crippen molar-refractivity contribution in [3.63, 3.8) is 0 Å². The first-order valence-corrected chi connectivity index (χ1v) is 6.89. The summed E-state index contributed by atoms with van der Waals surface area (Å²) >= 11 is 0. The van der Waals surface area contributed by atoms with E-state index in [-0.39, 0.29) is 11.9 Å². The Morgan fingerprint density at radius 3 is 2.81 bits per heavy atom. The molecule has 1 N–H and O–H groups in total. The van der Waals surface area contributed by atoms with Crippen molar-refractivity contribution < 1.29 is 19.4 Å². The SMILES string of the molecule is Cc1cc(/C=C/C(=O)O)cc(C(=O)N2CCOCC2C)c1. The zero-order valence-electron chi connectivity index (χ0n) is 12.2. The van der Waals surface area contributed by atoms with Gasteiger partial charge in [0.15, 0.2) is 0 Å². The van der Waals surface area contributed by atoms with Gasteiger partial charge in [0, 0.05) is 18.2 Å². The maximum atomic E-state index is 12.6. The fraction of sp³-hybridized carbons (Fsp3) is 0.375. The molecule has 0 spiro atoms. The van der Waals surface area contributed by atoms with Gasteiger partial charge in [-0.25, -0.2) is 4.79 Å². The number of nitrogens with zero attached hydrogens (tertiary/aromatic N) is 1. The highest BCUT2D eigenvalue weighted by molar-refractivity contribution is 5.95. The molecule has 0 bridgehead atoms. The molecule has 2 rings (SSSR count). The Labute approximate surface area is 123 Å². The van der Waals surface area contributed by atoms with Gasteiger partial charge in [-0.1, -0.05) is 6.07 Å².